The highest BCUT2D eigenvalue weighted by Crippen LogP contribution is 2.27. The smallest absolute Gasteiger partial charge is 0.248 e. The third kappa shape index (κ3) is 2.46. The molecule has 18 heavy (non-hydrogen) atoms. The summed E-state index contributed by atoms with van der Waals surface area (Å²) in [7, 11) is 0. The maximum atomic E-state index is 11.3. The van der Waals surface area contributed by atoms with E-state index in [1.165, 1.54) is 6.33 Å². The van der Waals surface area contributed by atoms with Gasteiger partial charge in [-0.3, -0.25) is 4.79 Å². The summed E-state index contributed by atoms with van der Waals surface area (Å²) in [6.07, 6.45) is 1.36. The summed E-state index contributed by atoms with van der Waals surface area (Å²) in [5, 5.41) is 9.12. The molecule has 1 fully saturated rings. The predicted molar refractivity (Wildman–Crippen MR) is 67.3 cm³/mol. The van der Waals surface area contributed by atoms with Crippen LogP contribution >= 0.6 is 11.6 Å². The van der Waals surface area contributed by atoms with Crippen LogP contribution in [0.2, 0.25) is 5.02 Å². The largest absolute Gasteiger partial charge is 0.387 e. The van der Waals surface area contributed by atoms with E-state index in [-0.39, 0.29) is 11.7 Å². The second-order valence-electron chi connectivity index (χ2n) is 3.92. The Balaban J connectivity index is 2.06. The number of rotatable bonds is 2. The number of aliphatic hydroxyl groups is 1. The number of aromatic nitrogens is 2. The van der Waals surface area contributed by atoms with Crippen LogP contribution in [0.4, 0.5) is 11.6 Å². The Morgan fingerprint density at radius 2 is 2.06 bits per heavy atom. The highest BCUT2D eigenvalue weighted by atomic mass is 35.5. The zero-order chi connectivity index (χ0) is 13.1. The molecule has 1 aromatic rings. The molecule has 0 unspecified atom stereocenters. The number of nitrogen functional groups attached to an aromatic ring is 1. The van der Waals surface area contributed by atoms with Crippen molar-refractivity contribution in [3.63, 3.8) is 0 Å². The molecule has 1 amide bonds. The second-order valence-corrected chi connectivity index (χ2v) is 4.30. The van der Waals surface area contributed by atoms with Crippen LogP contribution in [0.5, 0.6) is 0 Å². The van der Waals surface area contributed by atoms with Crippen molar-refractivity contribution in [2.24, 2.45) is 0 Å². The molecule has 1 aliphatic heterocycles. The standard InChI is InChI=1S/C10H14ClN5O2/c11-8-9(12)13-6-14-10(8)16-3-1-15(2-4-16)7(18)5-17/h6,17H,1-5H2,(H2,12,13,14). The Hall–Kier alpha value is -1.60. The summed E-state index contributed by atoms with van der Waals surface area (Å²) >= 11 is 6.04. The molecule has 1 saturated heterocycles. The van der Waals surface area contributed by atoms with Crippen molar-refractivity contribution >= 4 is 29.1 Å². The van der Waals surface area contributed by atoms with E-state index in [0.717, 1.165) is 0 Å². The third-order valence-corrected chi connectivity index (χ3v) is 3.23. The number of halogens is 1. The average molecular weight is 272 g/mol. The maximum Gasteiger partial charge on any atom is 0.248 e. The Bertz CT molecular complexity index is 448. The van der Waals surface area contributed by atoms with Crippen molar-refractivity contribution in [3.8, 4) is 0 Å². The van der Waals surface area contributed by atoms with Crippen LogP contribution in [-0.4, -0.2) is 58.7 Å². The number of hydrogen-bond acceptors (Lipinski definition) is 6. The molecule has 1 aromatic heterocycles. The first-order valence-electron chi connectivity index (χ1n) is 5.53. The maximum absolute atomic E-state index is 11.3. The van der Waals surface area contributed by atoms with Crippen molar-refractivity contribution < 1.29 is 9.90 Å². The molecule has 2 rings (SSSR count). The SMILES string of the molecule is Nc1ncnc(N2CCN(C(=O)CO)CC2)c1Cl. The lowest BCUT2D eigenvalue weighted by Gasteiger charge is -2.35. The first-order valence-corrected chi connectivity index (χ1v) is 5.91. The van der Waals surface area contributed by atoms with Gasteiger partial charge in [0.25, 0.3) is 0 Å². The van der Waals surface area contributed by atoms with E-state index in [4.69, 9.17) is 22.4 Å². The zero-order valence-corrected chi connectivity index (χ0v) is 10.5. The Morgan fingerprint density at radius 3 is 2.67 bits per heavy atom. The van der Waals surface area contributed by atoms with Gasteiger partial charge in [0.1, 0.15) is 23.8 Å². The molecule has 0 aromatic carbocycles. The molecule has 7 nitrogen and oxygen atoms in total. The number of amides is 1. The molecule has 3 N–H and O–H groups in total. The van der Waals surface area contributed by atoms with E-state index in [0.29, 0.717) is 37.0 Å². The van der Waals surface area contributed by atoms with Crippen LogP contribution in [0.15, 0.2) is 6.33 Å². The second kappa shape index (κ2) is 5.36. The minimum Gasteiger partial charge on any atom is -0.387 e. The number of hydrogen-bond donors (Lipinski definition) is 2. The molecule has 0 spiro atoms. The van der Waals surface area contributed by atoms with Crippen molar-refractivity contribution in [1.29, 1.82) is 0 Å². The minimum absolute atomic E-state index is 0.246. The lowest BCUT2D eigenvalue weighted by molar-refractivity contribution is -0.134. The molecule has 0 saturated carbocycles. The fourth-order valence-electron chi connectivity index (χ4n) is 1.86. The molecule has 0 atom stereocenters. The quantitative estimate of drug-likeness (QED) is 0.742. The van der Waals surface area contributed by atoms with E-state index in [9.17, 15) is 4.79 Å². The Kier molecular flexibility index (Phi) is 3.83. The van der Waals surface area contributed by atoms with Crippen molar-refractivity contribution in [2.75, 3.05) is 43.4 Å². The molecular formula is C10H14ClN5O2. The number of nitrogens with two attached hydrogens (primary N) is 1. The lowest BCUT2D eigenvalue weighted by atomic mass is 10.3. The summed E-state index contributed by atoms with van der Waals surface area (Å²) in [5.41, 5.74) is 5.62. The van der Waals surface area contributed by atoms with Gasteiger partial charge in [0.05, 0.1) is 0 Å². The predicted octanol–water partition coefficient (Wildman–Crippen LogP) is -0.647. The molecule has 98 valence electrons. The van der Waals surface area contributed by atoms with Gasteiger partial charge in [-0.15, -0.1) is 0 Å². The molecule has 0 bridgehead atoms. The molecule has 0 aliphatic carbocycles. The fourth-order valence-corrected chi connectivity index (χ4v) is 2.08. The van der Waals surface area contributed by atoms with E-state index in [1.807, 2.05) is 4.90 Å². The molecule has 2 heterocycles. The van der Waals surface area contributed by atoms with Crippen LogP contribution in [0.3, 0.4) is 0 Å². The number of aliphatic hydroxyl groups excluding tert-OH is 1. The minimum atomic E-state index is -0.457. The van der Waals surface area contributed by atoms with Gasteiger partial charge in [-0.1, -0.05) is 11.6 Å². The van der Waals surface area contributed by atoms with E-state index < -0.39 is 6.61 Å². The highest BCUT2D eigenvalue weighted by molar-refractivity contribution is 6.35. The fraction of sp³-hybridized carbons (Fsp3) is 0.500. The summed E-state index contributed by atoms with van der Waals surface area (Å²) in [6, 6.07) is 0. The molecule has 1 aliphatic rings. The lowest BCUT2D eigenvalue weighted by Crippen LogP contribution is -2.49. The summed E-state index contributed by atoms with van der Waals surface area (Å²) in [4.78, 5) is 22.8. The topological polar surface area (TPSA) is 95.6 Å². The van der Waals surface area contributed by atoms with Crippen LogP contribution < -0.4 is 10.6 Å². The Morgan fingerprint density at radius 1 is 1.39 bits per heavy atom. The van der Waals surface area contributed by atoms with Crippen LogP contribution in [0, 0.1) is 0 Å². The van der Waals surface area contributed by atoms with Gasteiger partial charge in [-0.05, 0) is 0 Å². The number of carbonyl (C=O) groups excluding carboxylic acids is 1. The Labute approximate surface area is 109 Å². The highest BCUT2D eigenvalue weighted by Gasteiger charge is 2.23. The van der Waals surface area contributed by atoms with Gasteiger partial charge < -0.3 is 20.6 Å². The number of anilines is 2. The summed E-state index contributed by atoms with van der Waals surface area (Å²) < 4.78 is 0. The number of nitrogens with zero attached hydrogens (tertiary/aromatic N) is 4. The molecular weight excluding hydrogens is 258 g/mol. The first kappa shape index (κ1) is 12.8. The molecule has 8 heteroatoms. The van der Waals surface area contributed by atoms with Crippen LogP contribution in [0.1, 0.15) is 0 Å². The zero-order valence-electron chi connectivity index (χ0n) is 9.71. The monoisotopic (exact) mass is 271 g/mol. The third-order valence-electron chi connectivity index (χ3n) is 2.87. The first-order chi connectivity index (χ1) is 8.63. The summed E-state index contributed by atoms with van der Waals surface area (Å²) in [5.74, 6) is 0.568. The van der Waals surface area contributed by atoms with Gasteiger partial charge in [0.15, 0.2) is 5.82 Å². The van der Waals surface area contributed by atoms with Gasteiger partial charge in [0.2, 0.25) is 5.91 Å². The number of carbonyl (C=O) groups is 1. The van der Waals surface area contributed by atoms with E-state index >= 15 is 0 Å². The van der Waals surface area contributed by atoms with Gasteiger partial charge >= 0.3 is 0 Å². The van der Waals surface area contributed by atoms with Gasteiger partial charge in [-0.2, -0.15) is 0 Å². The van der Waals surface area contributed by atoms with Gasteiger partial charge in [-0.25, -0.2) is 9.97 Å². The molecule has 0 radical (unpaired) electrons. The van der Waals surface area contributed by atoms with Crippen molar-refractivity contribution in [3.05, 3.63) is 11.3 Å². The summed E-state index contributed by atoms with van der Waals surface area (Å²) in [6.45, 7) is 1.80. The van der Waals surface area contributed by atoms with E-state index in [2.05, 4.69) is 9.97 Å². The van der Waals surface area contributed by atoms with Crippen LogP contribution in [0.25, 0.3) is 0 Å². The number of piperazine rings is 1. The average Bonchev–Trinajstić information content (AvgIpc) is 2.41. The van der Waals surface area contributed by atoms with Crippen molar-refractivity contribution in [1.82, 2.24) is 14.9 Å². The van der Waals surface area contributed by atoms with Crippen molar-refractivity contribution in [2.45, 2.75) is 0 Å². The van der Waals surface area contributed by atoms with E-state index in [1.54, 1.807) is 4.90 Å². The van der Waals surface area contributed by atoms with Crippen LogP contribution in [-0.2, 0) is 4.79 Å². The van der Waals surface area contributed by atoms with Gasteiger partial charge in [0, 0.05) is 26.2 Å². The normalized spacial score (nSPS) is 15.9.